The first-order valence-electron chi connectivity index (χ1n) is 27.1. The summed E-state index contributed by atoms with van der Waals surface area (Å²) >= 11 is 0. The van der Waals surface area contributed by atoms with Gasteiger partial charge in [0, 0.05) is 113 Å². The summed E-state index contributed by atoms with van der Waals surface area (Å²) in [6.07, 6.45) is 0.697. The SMILES string of the molecule is COC(=O)CC[C@@H]1C2=C(C)C3=NC([C@H](CC(=O)OC)[C@@]3(C)CCC(=O)OC)[C@]3(C)N=C(/C(C)=C4\NC(=CC(=N2)C1(C)C)[C@@](O)(CCC(=O)OC)[C@]4(C)CC(=O)NCCOCCOCCN)[C@@H](CCC(=O)OC)[C@]3(C)CC(=O)OC. The van der Waals surface area contributed by atoms with Crippen molar-refractivity contribution in [2.24, 2.45) is 60.1 Å². The van der Waals surface area contributed by atoms with E-state index in [1.165, 1.54) is 42.7 Å². The van der Waals surface area contributed by atoms with Crippen LogP contribution in [-0.4, -0.2) is 163 Å². The molecular formula is C57H86N6O16. The van der Waals surface area contributed by atoms with Crippen LogP contribution in [0.1, 0.15) is 126 Å². The van der Waals surface area contributed by atoms with Crippen LogP contribution in [0.2, 0.25) is 0 Å². The molecule has 0 aromatic carbocycles. The number of aliphatic imine (C=N–C) groups is 3. The molecule has 0 saturated carbocycles. The first kappa shape index (κ1) is 64.0. The van der Waals surface area contributed by atoms with E-state index in [4.69, 9.17) is 58.6 Å². The van der Waals surface area contributed by atoms with Crippen molar-refractivity contribution in [2.45, 2.75) is 143 Å². The molecule has 5 heterocycles. The van der Waals surface area contributed by atoms with Crippen molar-refractivity contribution in [3.05, 3.63) is 34.3 Å². The molecule has 0 radical (unpaired) electrons. The zero-order chi connectivity index (χ0) is 58.9. The van der Waals surface area contributed by atoms with Crippen molar-refractivity contribution in [2.75, 3.05) is 82.2 Å². The van der Waals surface area contributed by atoms with Crippen LogP contribution < -0.4 is 16.4 Å². The summed E-state index contributed by atoms with van der Waals surface area (Å²) in [4.78, 5) is 112. The zero-order valence-electron chi connectivity index (χ0n) is 48.9. The van der Waals surface area contributed by atoms with Gasteiger partial charge in [-0.2, -0.15) is 0 Å². The third-order valence-electron chi connectivity index (χ3n) is 18.0. The molecule has 0 aliphatic carbocycles. The van der Waals surface area contributed by atoms with Crippen molar-refractivity contribution >= 4 is 58.9 Å². The van der Waals surface area contributed by atoms with Crippen molar-refractivity contribution in [3.63, 3.8) is 0 Å². The van der Waals surface area contributed by atoms with Gasteiger partial charge in [-0.25, -0.2) is 0 Å². The van der Waals surface area contributed by atoms with Gasteiger partial charge >= 0.3 is 35.8 Å². The number of fused-ring (bicyclic) bond motifs is 6. The number of carbonyl (C=O) groups is 7. The third-order valence-corrected chi connectivity index (χ3v) is 18.0. The monoisotopic (exact) mass is 1110 g/mol. The predicted octanol–water partition coefficient (Wildman–Crippen LogP) is 4.59. The van der Waals surface area contributed by atoms with Crippen molar-refractivity contribution in [3.8, 4) is 0 Å². The number of ether oxygens (including phenoxy) is 8. The third kappa shape index (κ3) is 12.7. The lowest BCUT2D eigenvalue weighted by Crippen LogP contribution is -2.55. The lowest BCUT2D eigenvalue weighted by Gasteiger charge is -2.48. The average molecular weight is 1110 g/mol. The molecule has 1 fully saturated rings. The maximum atomic E-state index is 14.6. The summed E-state index contributed by atoms with van der Waals surface area (Å²) in [5.74, 6) is -5.78. The Labute approximate surface area is 464 Å². The van der Waals surface area contributed by atoms with Gasteiger partial charge in [0.2, 0.25) is 5.91 Å². The Morgan fingerprint density at radius 3 is 1.80 bits per heavy atom. The van der Waals surface area contributed by atoms with E-state index in [9.17, 15) is 38.7 Å². The first-order chi connectivity index (χ1) is 37.2. The number of nitrogens with zero attached hydrogens (tertiary/aromatic N) is 3. The van der Waals surface area contributed by atoms with Crippen LogP contribution in [0.4, 0.5) is 0 Å². The largest absolute Gasteiger partial charge is 0.469 e. The minimum absolute atomic E-state index is 0.00250. The van der Waals surface area contributed by atoms with Gasteiger partial charge in [-0.15, -0.1) is 0 Å². The molecular weight excluding hydrogens is 1020 g/mol. The Balaban J connectivity index is 1.98. The fraction of sp³-hybridized carbons (Fsp3) is 0.719. The Kier molecular flexibility index (Phi) is 21.2. The maximum Gasteiger partial charge on any atom is 0.306 e. The van der Waals surface area contributed by atoms with Crippen LogP contribution in [-0.2, 0) is 71.5 Å². The van der Waals surface area contributed by atoms with Gasteiger partial charge < -0.3 is 59.4 Å². The van der Waals surface area contributed by atoms with Crippen LogP contribution in [0.3, 0.4) is 0 Å². The van der Waals surface area contributed by atoms with Crippen LogP contribution in [0.15, 0.2) is 49.3 Å². The molecule has 79 heavy (non-hydrogen) atoms. The van der Waals surface area contributed by atoms with Crippen LogP contribution in [0.5, 0.6) is 0 Å². The number of rotatable bonds is 26. The fourth-order valence-electron chi connectivity index (χ4n) is 13.0. The minimum Gasteiger partial charge on any atom is -0.469 e. The smallest absolute Gasteiger partial charge is 0.306 e. The average Bonchev–Trinajstić information content (AvgIpc) is 3.84. The number of aliphatic hydroxyl groups is 1. The zero-order valence-corrected chi connectivity index (χ0v) is 48.9. The Bertz CT molecular complexity index is 2550. The molecule has 5 aliphatic heterocycles. The highest BCUT2D eigenvalue weighted by molar-refractivity contribution is 6.10. The lowest BCUT2D eigenvalue weighted by atomic mass is 9.55. The summed E-state index contributed by atoms with van der Waals surface area (Å²) in [6.45, 7) is 16.7. The summed E-state index contributed by atoms with van der Waals surface area (Å²) in [5, 5.41) is 20.4. The quantitative estimate of drug-likeness (QED) is 0.0523. The highest BCUT2D eigenvalue weighted by Gasteiger charge is 2.67. The number of nitrogens with two attached hydrogens (primary N) is 1. The molecule has 9 atom stereocenters. The molecule has 1 amide bonds. The topological polar surface area (TPSA) is 301 Å². The van der Waals surface area contributed by atoms with E-state index in [1.807, 2.05) is 41.5 Å². The van der Waals surface area contributed by atoms with Gasteiger partial charge in [-0.05, 0) is 63.7 Å². The van der Waals surface area contributed by atoms with Gasteiger partial charge in [-0.3, -0.25) is 48.5 Å². The van der Waals surface area contributed by atoms with Crippen molar-refractivity contribution in [1.82, 2.24) is 10.6 Å². The highest BCUT2D eigenvalue weighted by atomic mass is 16.5. The number of hydrogen-bond acceptors (Lipinski definition) is 21. The summed E-state index contributed by atoms with van der Waals surface area (Å²) in [6, 6.07) is -0.962. The fourth-order valence-corrected chi connectivity index (χ4v) is 13.0. The molecule has 0 aromatic heterocycles. The predicted molar refractivity (Wildman–Crippen MR) is 291 cm³/mol. The van der Waals surface area contributed by atoms with E-state index < -0.39 is 98.3 Å². The second-order valence-corrected chi connectivity index (χ2v) is 22.7. The molecule has 5 aliphatic rings. The van der Waals surface area contributed by atoms with Crippen LogP contribution >= 0.6 is 0 Å². The highest BCUT2D eigenvalue weighted by Crippen LogP contribution is 2.63. The second-order valence-electron chi connectivity index (χ2n) is 22.7. The van der Waals surface area contributed by atoms with Crippen LogP contribution in [0.25, 0.3) is 0 Å². The number of esters is 6. The van der Waals surface area contributed by atoms with E-state index >= 15 is 0 Å². The van der Waals surface area contributed by atoms with Crippen molar-refractivity contribution < 1.29 is 76.6 Å². The van der Waals surface area contributed by atoms with Crippen molar-refractivity contribution in [1.29, 1.82) is 0 Å². The molecule has 22 heteroatoms. The molecule has 0 spiro atoms. The number of hydrogen-bond donors (Lipinski definition) is 4. The van der Waals surface area contributed by atoms with Gasteiger partial charge in [0.1, 0.15) is 5.60 Å². The molecule has 8 bridgehead atoms. The minimum atomic E-state index is -2.05. The molecule has 1 saturated heterocycles. The molecule has 5 N–H and O–H groups in total. The van der Waals surface area contributed by atoms with E-state index in [0.29, 0.717) is 59.4 Å². The van der Waals surface area contributed by atoms with Crippen LogP contribution in [0, 0.1) is 39.4 Å². The molecule has 440 valence electrons. The summed E-state index contributed by atoms with van der Waals surface area (Å²) in [5.41, 5.74) is 0.662. The van der Waals surface area contributed by atoms with E-state index in [1.54, 1.807) is 19.9 Å². The summed E-state index contributed by atoms with van der Waals surface area (Å²) < 4.78 is 42.6. The number of amides is 1. The molecule has 22 nitrogen and oxygen atoms in total. The number of nitrogens with one attached hydrogen (secondary N) is 2. The number of methoxy groups -OCH3 is 6. The van der Waals surface area contributed by atoms with Gasteiger partial charge in [0.05, 0.1) is 98.9 Å². The maximum absolute atomic E-state index is 14.6. The Morgan fingerprint density at radius 1 is 0.684 bits per heavy atom. The van der Waals surface area contributed by atoms with Gasteiger partial charge in [0.15, 0.2) is 0 Å². The van der Waals surface area contributed by atoms with E-state index in [-0.39, 0.29) is 96.1 Å². The number of carbonyl (C=O) groups excluding carboxylic acids is 7. The second kappa shape index (κ2) is 26.2. The molecule has 0 aromatic rings. The van der Waals surface area contributed by atoms with Gasteiger partial charge in [-0.1, -0.05) is 34.6 Å². The van der Waals surface area contributed by atoms with Gasteiger partial charge in [0.25, 0.3) is 0 Å². The van der Waals surface area contributed by atoms with E-state index in [2.05, 4.69) is 10.6 Å². The van der Waals surface area contributed by atoms with E-state index in [0.717, 1.165) is 0 Å². The normalized spacial score (nSPS) is 30.4. The first-order valence-corrected chi connectivity index (χ1v) is 27.1. The standard InChI is InChI=1S/C57H86N6O16/c1-33-47-35(15-17-41(65)72-9)52(3,4)38(60-47)30-39-57(71,22-20-44(68)75-12)55(7,31-40(64)59-24-26-79-28-27-78-25-23-58)50(61-39)34(2)48-36(16-18-42(66)73-10)54(6,32-46(70)77-14)56(8,63-48)51-37(29-45(69)76-13)53(5,49(33)62-51)21-19-43(67)74-11/h30,35-37,51,61,71H,15-29,31-32,58H2,1-14H3,(H,59,64)/b39-30?,47-33?,50-34-/t35-,36-,37+,51?,53-,54+,55-,56+,57+/m1/s1. The number of allylic oxidation sites excluding steroid dienone is 4. The Morgan fingerprint density at radius 2 is 1.23 bits per heavy atom. The molecule has 5 rings (SSSR count). The lowest BCUT2D eigenvalue weighted by molar-refractivity contribution is -0.147. The molecule has 1 unspecified atom stereocenters. The Hall–Kier alpha value is -5.84. The summed E-state index contributed by atoms with van der Waals surface area (Å²) in [7, 11) is 7.71.